The van der Waals surface area contributed by atoms with Gasteiger partial charge in [0.05, 0.1) is 5.69 Å². The molecule has 1 unspecified atom stereocenters. The fraction of sp³-hybridized carbons (Fsp3) is 0.364. The maximum absolute atomic E-state index is 12.8. The molecule has 1 atom stereocenters. The topological polar surface area (TPSA) is 122 Å². The molecular weight excluding hydrogens is 295 g/mol. The van der Waals surface area contributed by atoms with Crippen LogP contribution in [0.1, 0.15) is 0 Å². The van der Waals surface area contributed by atoms with Crippen LogP contribution in [0.3, 0.4) is 0 Å². The van der Waals surface area contributed by atoms with Gasteiger partial charge in [-0.15, -0.1) is 0 Å². The van der Waals surface area contributed by atoms with Crippen molar-refractivity contribution < 1.29 is 15.0 Å². The van der Waals surface area contributed by atoms with Gasteiger partial charge in [0, 0.05) is 12.1 Å². The minimum Gasteiger partial charge on any atom is -0.595 e. The van der Waals surface area contributed by atoms with E-state index in [9.17, 15) is 9.77 Å². The molecule has 0 bridgehead atoms. The molecule has 0 saturated carbocycles. The van der Waals surface area contributed by atoms with Crippen molar-refractivity contribution in [3.8, 4) is 0 Å². The number of benzene rings is 1. The Kier molecular flexibility index (Phi) is 5.85. The minimum atomic E-state index is -3.08. The molecule has 0 aliphatic rings. The van der Waals surface area contributed by atoms with Crippen LogP contribution >= 0.6 is 7.44 Å². The first-order valence-corrected chi connectivity index (χ1v) is 7.69. The van der Waals surface area contributed by atoms with E-state index < -0.39 is 12.7 Å². The van der Waals surface area contributed by atoms with E-state index in [2.05, 4.69) is 10.5 Å². The summed E-state index contributed by atoms with van der Waals surface area (Å²) in [6.45, 7) is 0. The van der Waals surface area contributed by atoms with Crippen molar-refractivity contribution in [3.05, 3.63) is 29.5 Å². The van der Waals surface area contributed by atoms with Gasteiger partial charge in [-0.3, -0.25) is 9.99 Å². The summed E-state index contributed by atoms with van der Waals surface area (Å²) in [5.74, 6) is 0. The van der Waals surface area contributed by atoms with Crippen molar-refractivity contribution >= 4 is 24.4 Å². The number of anilines is 1. The number of amidine groups is 1. The van der Waals surface area contributed by atoms with Gasteiger partial charge in [0.25, 0.3) is 7.44 Å². The van der Waals surface area contributed by atoms with E-state index in [0.717, 1.165) is 0 Å². The molecule has 0 saturated heterocycles. The smallest absolute Gasteiger partial charge is 0.280 e. The van der Waals surface area contributed by atoms with Crippen LogP contribution in [-0.2, 0) is 4.57 Å². The van der Waals surface area contributed by atoms with E-state index in [1.165, 1.54) is 21.5 Å². The van der Waals surface area contributed by atoms with E-state index >= 15 is 0 Å². The average Bonchev–Trinajstić information content (AvgIpc) is 2.43. The zero-order valence-electron chi connectivity index (χ0n) is 12.4. The number of quaternary nitrogens is 1. The third-order valence-electron chi connectivity index (χ3n) is 2.81. The Balaban J connectivity index is 2.91. The molecular formula is C11H21N6O3P. The zero-order chi connectivity index (χ0) is 16.2. The highest BCUT2D eigenvalue weighted by molar-refractivity contribution is 7.76. The lowest BCUT2D eigenvalue weighted by atomic mass is 10.3. The Morgan fingerprint density at radius 1 is 1.29 bits per heavy atom. The molecule has 0 aliphatic carbocycles. The number of hydrazone groups is 1. The van der Waals surface area contributed by atoms with E-state index in [-0.39, 0.29) is 11.3 Å². The van der Waals surface area contributed by atoms with Gasteiger partial charge in [-0.25, -0.2) is 14.5 Å². The number of nitrogens with one attached hydrogen (secondary N) is 2. The highest BCUT2D eigenvalue weighted by Crippen LogP contribution is 2.49. The molecule has 0 aromatic heterocycles. The third kappa shape index (κ3) is 4.01. The van der Waals surface area contributed by atoms with Crippen molar-refractivity contribution in [2.24, 2.45) is 10.8 Å². The normalized spacial score (nSPS) is 14.6. The zero-order valence-corrected chi connectivity index (χ0v) is 13.3. The minimum absolute atomic E-state index is 0.0418. The molecule has 21 heavy (non-hydrogen) atoms. The van der Waals surface area contributed by atoms with Gasteiger partial charge < -0.3 is 10.9 Å². The SMILES string of the molecule is CN(C)P(=O)(/C(N)=N/Nc1ccc([NH+]([O-])O)cc1)N(C)C. The van der Waals surface area contributed by atoms with Crippen LogP contribution < -0.4 is 16.4 Å². The van der Waals surface area contributed by atoms with Crippen LogP contribution in [0.25, 0.3) is 0 Å². The van der Waals surface area contributed by atoms with Crippen molar-refractivity contribution in [1.29, 1.82) is 0 Å². The van der Waals surface area contributed by atoms with Gasteiger partial charge in [-0.2, -0.15) is 10.3 Å². The van der Waals surface area contributed by atoms with Crippen molar-refractivity contribution in [1.82, 2.24) is 9.34 Å². The number of nitrogens with two attached hydrogens (primary N) is 1. The van der Waals surface area contributed by atoms with Crippen molar-refractivity contribution in [2.45, 2.75) is 0 Å². The first-order valence-electron chi connectivity index (χ1n) is 6.08. The van der Waals surface area contributed by atoms with Gasteiger partial charge in [-0.1, -0.05) is 0 Å². The van der Waals surface area contributed by atoms with Crippen LogP contribution in [0.2, 0.25) is 0 Å². The monoisotopic (exact) mass is 316 g/mol. The molecule has 0 heterocycles. The largest absolute Gasteiger partial charge is 0.595 e. The highest BCUT2D eigenvalue weighted by Gasteiger charge is 2.33. The van der Waals surface area contributed by atoms with Crippen molar-refractivity contribution in [2.75, 3.05) is 33.6 Å². The first-order chi connectivity index (χ1) is 9.69. The summed E-state index contributed by atoms with van der Waals surface area (Å²) in [4.78, 5) is 0. The summed E-state index contributed by atoms with van der Waals surface area (Å²) in [5, 5.41) is 22.5. The Hall–Kier alpha value is -1.48. The van der Waals surface area contributed by atoms with Gasteiger partial charge in [0.2, 0.25) is 5.58 Å². The van der Waals surface area contributed by atoms with E-state index in [1.54, 1.807) is 40.3 Å². The second-order valence-electron chi connectivity index (χ2n) is 4.70. The molecule has 0 amide bonds. The van der Waals surface area contributed by atoms with E-state index in [1.807, 2.05) is 0 Å². The molecule has 1 aromatic carbocycles. The predicted octanol–water partition coefficient (Wildman–Crippen LogP) is 0.0479. The van der Waals surface area contributed by atoms with Gasteiger partial charge in [0.1, 0.15) is 0 Å². The molecule has 1 rings (SSSR count). The molecule has 118 valence electrons. The molecule has 0 aliphatic heterocycles. The lowest BCUT2D eigenvalue weighted by Gasteiger charge is -2.29. The quantitative estimate of drug-likeness (QED) is 0.253. The summed E-state index contributed by atoms with van der Waals surface area (Å²) in [6.07, 6.45) is 0. The molecule has 0 fully saturated rings. The number of hydrogen-bond acceptors (Lipinski definition) is 5. The summed E-state index contributed by atoms with van der Waals surface area (Å²) in [6, 6.07) is 5.98. The average molecular weight is 316 g/mol. The predicted molar refractivity (Wildman–Crippen MR) is 82.4 cm³/mol. The molecule has 0 radical (unpaired) electrons. The molecule has 1 aromatic rings. The molecule has 5 N–H and O–H groups in total. The van der Waals surface area contributed by atoms with Gasteiger partial charge >= 0.3 is 0 Å². The summed E-state index contributed by atoms with van der Waals surface area (Å²) >= 11 is 0. The van der Waals surface area contributed by atoms with Crippen LogP contribution in [0.15, 0.2) is 29.4 Å². The fourth-order valence-corrected chi connectivity index (χ4v) is 3.36. The van der Waals surface area contributed by atoms with E-state index in [0.29, 0.717) is 5.69 Å². The lowest BCUT2D eigenvalue weighted by Crippen LogP contribution is -2.99. The Morgan fingerprint density at radius 2 is 1.76 bits per heavy atom. The lowest BCUT2D eigenvalue weighted by molar-refractivity contribution is -0.991. The molecule has 0 spiro atoms. The van der Waals surface area contributed by atoms with Crippen LogP contribution in [0.5, 0.6) is 0 Å². The molecule has 10 heteroatoms. The van der Waals surface area contributed by atoms with Gasteiger partial charge in [-0.05, 0) is 40.3 Å². The number of rotatable bonds is 6. The summed E-state index contributed by atoms with van der Waals surface area (Å²) in [7, 11) is 3.55. The third-order valence-corrected chi connectivity index (χ3v) is 5.68. The fourth-order valence-electron chi connectivity index (χ4n) is 1.64. The summed E-state index contributed by atoms with van der Waals surface area (Å²) in [5.41, 5.74) is 9.17. The van der Waals surface area contributed by atoms with Crippen LogP contribution in [-0.4, -0.2) is 48.3 Å². The van der Waals surface area contributed by atoms with Crippen molar-refractivity contribution in [3.63, 3.8) is 0 Å². The number of nitrogens with zero attached hydrogens (tertiary/aromatic N) is 3. The maximum atomic E-state index is 12.8. The first kappa shape index (κ1) is 17.6. The standard InChI is InChI=1S/C11H21N6O3P/c1-15(2)21(20,16(3)4)11(12)14-13-9-5-7-10(8-6-9)17(18)19/h5-8,13,17-18H,1-4H3,(H2,12,14). The van der Waals surface area contributed by atoms with Crippen LogP contribution in [0.4, 0.5) is 11.4 Å². The van der Waals surface area contributed by atoms with Gasteiger partial charge in [0.15, 0.2) is 5.69 Å². The molecule has 9 nitrogen and oxygen atoms in total. The van der Waals surface area contributed by atoms with E-state index in [4.69, 9.17) is 10.9 Å². The van der Waals surface area contributed by atoms with Crippen LogP contribution in [0, 0.1) is 5.21 Å². The number of hydrogen-bond donors (Lipinski definition) is 4. The second kappa shape index (κ2) is 6.99. The highest BCUT2D eigenvalue weighted by atomic mass is 31.2. The summed E-state index contributed by atoms with van der Waals surface area (Å²) < 4.78 is 15.8. The Morgan fingerprint density at radius 3 is 2.14 bits per heavy atom. The maximum Gasteiger partial charge on any atom is 0.280 e. The second-order valence-corrected chi connectivity index (χ2v) is 7.85. The Labute approximate surface area is 123 Å². The Bertz CT molecular complexity index is 531.